The van der Waals surface area contributed by atoms with Crippen LogP contribution in [0.5, 0.6) is 5.75 Å². The second kappa shape index (κ2) is 4.73. The van der Waals surface area contributed by atoms with E-state index in [0.717, 1.165) is 18.2 Å². The van der Waals surface area contributed by atoms with Crippen molar-refractivity contribution in [3.8, 4) is 5.75 Å². The van der Waals surface area contributed by atoms with Crippen LogP contribution in [0.3, 0.4) is 0 Å². The molecule has 0 radical (unpaired) electrons. The molecule has 0 saturated carbocycles. The van der Waals surface area contributed by atoms with E-state index in [4.69, 9.17) is 4.74 Å². The van der Waals surface area contributed by atoms with E-state index >= 15 is 0 Å². The molecule has 8 heteroatoms. The Morgan fingerprint density at radius 1 is 0.840 bits per heavy atom. The van der Waals surface area contributed by atoms with E-state index in [9.17, 15) is 24.0 Å². The normalized spacial score (nSPS) is 21.8. The van der Waals surface area contributed by atoms with E-state index in [1.165, 1.54) is 12.1 Å². The first-order valence-corrected chi connectivity index (χ1v) is 7.14. The van der Waals surface area contributed by atoms with Crippen molar-refractivity contribution < 1.29 is 38.2 Å². The molecule has 0 N–H and O–H groups in total. The van der Waals surface area contributed by atoms with Gasteiger partial charge in [-0.2, -0.15) is 0 Å². The summed E-state index contributed by atoms with van der Waals surface area (Å²) in [6.07, 6.45) is 3.10. The fraction of sp³-hybridized carbons (Fsp3) is 0.118. The van der Waals surface area contributed by atoms with Gasteiger partial charge in [0.1, 0.15) is 5.75 Å². The molecule has 0 unspecified atom stereocenters. The molecule has 0 atom stereocenters. The summed E-state index contributed by atoms with van der Waals surface area (Å²) < 4.78 is 13.8. The first-order valence-electron chi connectivity index (χ1n) is 7.14. The highest BCUT2D eigenvalue weighted by Gasteiger charge is 2.81. The van der Waals surface area contributed by atoms with Gasteiger partial charge in [-0.05, 0) is 18.2 Å². The standard InChI is InChI=1S/C17H8O8/c18-11(23-10-4-2-1-3-5-10)9-6-7-16(12(19)24-13(16)20)17(8-9)14(21)25-15(17)22/h1-8H. The molecule has 0 bridgehead atoms. The average molecular weight is 340 g/mol. The summed E-state index contributed by atoms with van der Waals surface area (Å²) in [6, 6.07) is 8.11. The van der Waals surface area contributed by atoms with Crippen LogP contribution < -0.4 is 4.74 Å². The molecule has 2 heterocycles. The zero-order chi connectivity index (χ0) is 17.8. The molecule has 0 aromatic heterocycles. The third kappa shape index (κ3) is 1.68. The Morgan fingerprint density at radius 2 is 1.40 bits per heavy atom. The molecule has 3 aliphatic rings. The lowest BCUT2D eigenvalue weighted by Crippen LogP contribution is -2.72. The fourth-order valence-electron chi connectivity index (χ4n) is 2.99. The van der Waals surface area contributed by atoms with E-state index in [2.05, 4.69) is 9.47 Å². The lowest BCUT2D eigenvalue weighted by Gasteiger charge is -2.49. The number of hydrogen-bond acceptors (Lipinski definition) is 8. The predicted molar refractivity (Wildman–Crippen MR) is 76.4 cm³/mol. The second-order valence-electron chi connectivity index (χ2n) is 5.61. The number of fused-ring (bicyclic) bond motifs is 1. The number of rotatable bonds is 2. The van der Waals surface area contributed by atoms with Crippen LogP contribution >= 0.6 is 0 Å². The number of cyclic esters (lactones) is 4. The zero-order valence-electron chi connectivity index (χ0n) is 12.4. The summed E-state index contributed by atoms with van der Waals surface area (Å²) in [5, 5.41) is 0. The highest BCUT2D eigenvalue weighted by atomic mass is 16.6. The second-order valence-corrected chi connectivity index (χ2v) is 5.61. The minimum atomic E-state index is -2.22. The molecule has 0 amide bonds. The maximum absolute atomic E-state index is 12.3. The number of para-hydroxylation sites is 1. The van der Waals surface area contributed by atoms with Gasteiger partial charge in [0.25, 0.3) is 0 Å². The Bertz CT molecular complexity index is 893. The lowest BCUT2D eigenvalue weighted by molar-refractivity contribution is -0.223. The Kier molecular flexibility index (Phi) is 2.84. The van der Waals surface area contributed by atoms with Crippen LogP contribution in [0, 0.1) is 10.8 Å². The van der Waals surface area contributed by atoms with Gasteiger partial charge in [-0.3, -0.25) is 0 Å². The molecule has 2 aliphatic heterocycles. The molecule has 1 aromatic carbocycles. The number of benzene rings is 1. The quantitative estimate of drug-likeness (QED) is 0.427. The number of carbonyl (C=O) groups is 5. The zero-order valence-corrected chi connectivity index (χ0v) is 12.4. The van der Waals surface area contributed by atoms with Gasteiger partial charge in [-0.25, -0.2) is 24.0 Å². The Morgan fingerprint density at radius 3 is 1.92 bits per heavy atom. The maximum Gasteiger partial charge on any atom is 0.343 e. The van der Waals surface area contributed by atoms with Crippen molar-refractivity contribution in [1.82, 2.24) is 0 Å². The highest BCUT2D eigenvalue weighted by molar-refractivity contribution is 6.30. The minimum absolute atomic E-state index is 0.160. The van der Waals surface area contributed by atoms with Gasteiger partial charge >= 0.3 is 29.8 Å². The van der Waals surface area contributed by atoms with Gasteiger partial charge in [0, 0.05) is 0 Å². The third-order valence-electron chi connectivity index (χ3n) is 4.36. The van der Waals surface area contributed by atoms with E-state index < -0.39 is 40.7 Å². The summed E-state index contributed by atoms with van der Waals surface area (Å²) in [5.41, 5.74) is -4.50. The Labute approximate surface area is 139 Å². The summed E-state index contributed by atoms with van der Waals surface area (Å²) >= 11 is 0. The van der Waals surface area contributed by atoms with Crippen molar-refractivity contribution in [2.45, 2.75) is 0 Å². The Hall–Kier alpha value is -3.55. The molecular formula is C17H8O8. The van der Waals surface area contributed by atoms with Gasteiger partial charge in [0.2, 0.25) is 10.8 Å². The molecule has 1 aromatic rings. The minimum Gasteiger partial charge on any atom is -0.423 e. The highest BCUT2D eigenvalue weighted by Crippen LogP contribution is 2.57. The molecule has 8 nitrogen and oxygen atoms in total. The van der Waals surface area contributed by atoms with Crippen LogP contribution in [0.2, 0.25) is 0 Å². The van der Waals surface area contributed by atoms with Crippen LogP contribution in [0.15, 0.2) is 54.1 Å². The van der Waals surface area contributed by atoms with Gasteiger partial charge in [-0.1, -0.05) is 30.4 Å². The first-order chi connectivity index (χ1) is 11.9. The molecule has 4 rings (SSSR count). The fourth-order valence-corrected chi connectivity index (χ4v) is 2.99. The van der Waals surface area contributed by atoms with E-state index in [0.29, 0.717) is 0 Å². The van der Waals surface area contributed by atoms with Gasteiger partial charge in [0.15, 0.2) is 0 Å². The van der Waals surface area contributed by atoms with Crippen LogP contribution in [0.4, 0.5) is 0 Å². The molecule has 2 fully saturated rings. The Balaban J connectivity index is 1.74. The van der Waals surface area contributed by atoms with Crippen molar-refractivity contribution in [3.05, 3.63) is 54.1 Å². The molecule has 1 aliphatic carbocycles. The largest absolute Gasteiger partial charge is 0.423 e. The number of esters is 5. The van der Waals surface area contributed by atoms with Gasteiger partial charge < -0.3 is 14.2 Å². The number of carbonyl (C=O) groups excluding carboxylic acids is 5. The van der Waals surface area contributed by atoms with Crippen molar-refractivity contribution in [2.75, 3.05) is 0 Å². The molecule has 2 saturated heterocycles. The smallest absolute Gasteiger partial charge is 0.343 e. The summed E-state index contributed by atoms with van der Waals surface area (Å²) in [4.78, 5) is 60.1. The van der Waals surface area contributed by atoms with Crippen molar-refractivity contribution in [1.29, 1.82) is 0 Å². The van der Waals surface area contributed by atoms with Gasteiger partial charge in [-0.15, -0.1) is 0 Å². The van der Waals surface area contributed by atoms with E-state index in [1.807, 2.05) is 0 Å². The summed E-state index contributed by atoms with van der Waals surface area (Å²) in [6.45, 7) is 0. The summed E-state index contributed by atoms with van der Waals surface area (Å²) in [7, 11) is 0. The topological polar surface area (TPSA) is 113 Å². The van der Waals surface area contributed by atoms with Crippen LogP contribution in [-0.4, -0.2) is 29.8 Å². The van der Waals surface area contributed by atoms with E-state index in [-0.39, 0.29) is 11.3 Å². The van der Waals surface area contributed by atoms with Gasteiger partial charge in [0.05, 0.1) is 5.57 Å². The molecular weight excluding hydrogens is 332 g/mol. The number of ether oxygens (including phenoxy) is 3. The van der Waals surface area contributed by atoms with Crippen molar-refractivity contribution >= 4 is 29.8 Å². The van der Waals surface area contributed by atoms with Crippen LogP contribution in [0.25, 0.3) is 0 Å². The lowest BCUT2D eigenvalue weighted by atomic mass is 9.56. The SMILES string of the molecule is O=C(Oc1ccccc1)C1=CC2(C(=O)OC2=O)C2(C=C1)C(=O)OC2=O. The van der Waals surface area contributed by atoms with Crippen molar-refractivity contribution in [2.24, 2.45) is 10.8 Å². The number of hydrogen-bond donors (Lipinski definition) is 0. The third-order valence-corrected chi connectivity index (χ3v) is 4.36. The average Bonchev–Trinajstić information content (AvgIpc) is 2.62. The molecule has 124 valence electrons. The molecule has 2 spiro atoms. The van der Waals surface area contributed by atoms with E-state index in [1.54, 1.807) is 18.2 Å². The molecule has 25 heavy (non-hydrogen) atoms. The monoisotopic (exact) mass is 340 g/mol. The predicted octanol–water partition coefficient (Wildman–Crippen LogP) is 0.228. The first kappa shape index (κ1) is 15.0. The van der Waals surface area contributed by atoms with Crippen LogP contribution in [0.1, 0.15) is 0 Å². The summed E-state index contributed by atoms with van der Waals surface area (Å²) in [5.74, 6) is -4.91. The van der Waals surface area contributed by atoms with Crippen molar-refractivity contribution in [3.63, 3.8) is 0 Å². The van der Waals surface area contributed by atoms with Crippen LogP contribution in [-0.2, 0) is 33.4 Å². The maximum atomic E-state index is 12.3.